The van der Waals surface area contributed by atoms with Crippen molar-refractivity contribution in [2.24, 2.45) is 0 Å². The van der Waals surface area contributed by atoms with Crippen LogP contribution < -0.4 is 5.32 Å². The normalized spacial score (nSPS) is 14.7. The van der Waals surface area contributed by atoms with Crippen LogP contribution in [0.25, 0.3) is 0 Å². The van der Waals surface area contributed by atoms with E-state index in [0.717, 1.165) is 12.8 Å². The first-order chi connectivity index (χ1) is 7.54. The first-order valence-corrected chi connectivity index (χ1v) is 5.77. The summed E-state index contributed by atoms with van der Waals surface area (Å²) in [6.45, 7) is 7.43. The van der Waals surface area contributed by atoms with Gasteiger partial charge in [-0.3, -0.25) is 9.59 Å². The molecule has 0 unspecified atom stereocenters. The van der Waals surface area contributed by atoms with Crippen molar-refractivity contribution in [1.29, 1.82) is 0 Å². The Morgan fingerprint density at radius 3 is 2.50 bits per heavy atom. The molecule has 0 atom stereocenters. The summed E-state index contributed by atoms with van der Waals surface area (Å²) in [5, 5.41) is 2.86. The van der Waals surface area contributed by atoms with E-state index in [0.29, 0.717) is 6.04 Å². The molecule has 4 nitrogen and oxygen atoms in total. The van der Waals surface area contributed by atoms with Gasteiger partial charge in [0.25, 0.3) is 0 Å². The highest BCUT2D eigenvalue weighted by molar-refractivity contribution is 5.84. The number of nitrogens with zero attached hydrogens (tertiary/aromatic N) is 1. The quantitative estimate of drug-likeness (QED) is 0.742. The maximum atomic E-state index is 11.7. The van der Waals surface area contributed by atoms with Gasteiger partial charge in [-0.1, -0.05) is 6.58 Å². The molecule has 1 rings (SSSR count). The minimum atomic E-state index is -0.0454. The molecule has 16 heavy (non-hydrogen) atoms. The molecule has 1 N–H and O–H groups in total. The summed E-state index contributed by atoms with van der Waals surface area (Å²) in [6.07, 6.45) is 4.19. The molecule has 0 radical (unpaired) electrons. The number of hydrogen-bond acceptors (Lipinski definition) is 2. The van der Waals surface area contributed by atoms with E-state index in [4.69, 9.17) is 0 Å². The maximum Gasteiger partial charge on any atom is 0.227 e. The van der Waals surface area contributed by atoms with Crippen LogP contribution in [0.3, 0.4) is 0 Å². The summed E-state index contributed by atoms with van der Waals surface area (Å²) in [5.74, 6) is -0.0698. The zero-order valence-corrected chi connectivity index (χ0v) is 10.0. The van der Waals surface area contributed by atoms with Gasteiger partial charge >= 0.3 is 0 Å². The van der Waals surface area contributed by atoms with Crippen LogP contribution in [0.1, 0.15) is 39.5 Å². The van der Waals surface area contributed by atoms with Crippen LogP contribution in [-0.4, -0.2) is 28.8 Å². The maximum absolute atomic E-state index is 11.7. The van der Waals surface area contributed by atoms with E-state index in [1.54, 1.807) is 4.90 Å². The fraction of sp³-hybridized carbons (Fsp3) is 0.667. The minimum absolute atomic E-state index is 0.0244. The molecule has 2 amide bonds. The molecule has 1 aliphatic rings. The fourth-order valence-corrected chi connectivity index (χ4v) is 1.48. The van der Waals surface area contributed by atoms with Crippen molar-refractivity contribution in [3.63, 3.8) is 0 Å². The predicted molar refractivity (Wildman–Crippen MR) is 62.6 cm³/mol. The molecule has 1 aliphatic carbocycles. The molecule has 0 aromatic carbocycles. The second-order valence-corrected chi connectivity index (χ2v) is 4.42. The van der Waals surface area contributed by atoms with Crippen LogP contribution >= 0.6 is 0 Å². The molecule has 90 valence electrons. The van der Waals surface area contributed by atoms with Crippen molar-refractivity contribution in [3.8, 4) is 0 Å². The van der Waals surface area contributed by atoms with Crippen LogP contribution in [0.4, 0.5) is 0 Å². The van der Waals surface area contributed by atoms with Crippen LogP contribution in [0.15, 0.2) is 12.8 Å². The molecule has 0 saturated heterocycles. The average Bonchev–Trinajstić information content (AvgIpc) is 2.99. The van der Waals surface area contributed by atoms with Gasteiger partial charge in [0.1, 0.15) is 0 Å². The van der Waals surface area contributed by atoms with Crippen LogP contribution in [0.2, 0.25) is 0 Å². The first-order valence-electron chi connectivity index (χ1n) is 5.77. The van der Waals surface area contributed by atoms with E-state index in [1.807, 2.05) is 13.8 Å². The highest BCUT2D eigenvalue weighted by Crippen LogP contribution is 2.18. The molecule has 0 aromatic heterocycles. The topological polar surface area (TPSA) is 49.4 Å². The molecule has 0 heterocycles. The summed E-state index contributed by atoms with van der Waals surface area (Å²) >= 11 is 0. The van der Waals surface area contributed by atoms with E-state index in [1.165, 1.54) is 6.20 Å². The lowest BCUT2D eigenvalue weighted by Crippen LogP contribution is -2.33. The van der Waals surface area contributed by atoms with E-state index in [-0.39, 0.29) is 30.7 Å². The Labute approximate surface area is 96.7 Å². The van der Waals surface area contributed by atoms with Gasteiger partial charge in [0.2, 0.25) is 11.8 Å². The van der Waals surface area contributed by atoms with E-state index >= 15 is 0 Å². The second kappa shape index (κ2) is 5.68. The molecule has 0 spiro atoms. The third kappa shape index (κ3) is 4.04. The monoisotopic (exact) mass is 224 g/mol. The lowest BCUT2D eigenvalue weighted by atomic mass is 10.2. The molecule has 1 fully saturated rings. The minimum Gasteiger partial charge on any atom is -0.353 e. The van der Waals surface area contributed by atoms with Gasteiger partial charge in [-0.15, -0.1) is 0 Å². The SMILES string of the molecule is C=CN(C(=O)CCC(=O)NC1CC1)C(C)C. The third-order valence-electron chi connectivity index (χ3n) is 2.55. The Bertz CT molecular complexity index is 283. The number of amides is 2. The summed E-state index contributed by atoms with van der Waals surface area (Å²) in [4.78, 5) is 24.6. The molecule has 0 aromatic rings. The van der Waals surface area contributed by atoms with Crippen LogP contribution in [0, 0.1) is 0 Å². The number of nitrogens with one attached hydrogen (secondary N) is 1. The Morgan fingerprint density at radius 2 is 2.06 bits per heavy atom. The molecule has 4 heteroatoms. The smallest absolute Gasteiger partial charge is 0.227 e. The van der Waals surface area contributed by atoms with Gasteiger partial charge < -0.3 is 10.2 Å². The van der Waals surface area contributed by atoms with E-state index in [2.05, 4.69) is 11.9 Å². The largest absolute Gasteiger partial charge is 0.353 e. The average molecular weight is 224 g/mol. The molecule has 0 aliphatic heterocycles. The van der Waals surface area contributed by atoms with Crippen molar-refractivity contribution in [1.82, 2.24) is 10.2 Å². The number of rotatable bonds is 6. The van der Waals surface area contributed by atoms with Crippen molar-refractivity contribution < 1.29 is 9.59 Å². The number of carbonyl (C=O) groups excluding carboxylic acids is 2. The fourth-order valence-electron chi connectivity index (χ4n) is 1.48. The Hall–Kier alpha value is -1.32. The lowest BCUT2D eigenvalue weighted by Gasteiger charge is -2.22. The van der Waals surface area contributed by atoms with E-state index < -0.39 is 0 Å². The highest BCUT2D eigenvalue weighted by Gasteiger charge is 2.23. The highest BCUT2D eigenvalue weighted by atomic mass is 16.2. The Kier molecular flexibility index (Phi) is 4.52. The van der Waals surface area contributed by atoms with E-state index in [9.17, 15) is 9.59 Å². The summed E-state index contributed by atoms with van der Waals surface area (Å²) < 4.78 is 0. The molecular weight excluding hydrogens is 204 g/mol. The summed E-state index contributed by atoms with van der Waals surface area (Å²) in [7, 11) is 0. The van der Waals surface area contributed by atoms with Gasteiger partial charge in [0, 0.05) is 24.9 Å². The Morgan fingerprint density at radius 1 is 1.44 bits per heavy atom. The van der Waals surface area contributed by atoms with Gasteiger partial charge in [0.05, 0.1) is 0 Å². The molecular formula is C12H20N2O2. The van der Waals surface area contributed by atoms with Gasteiger partial charge in [-0.2, -0.15) is 0 Å². The molecule has 0 bridgehead atoms. The van der Waals surface area contributed by atoms with Crippen molar-refractivity contribution in [2.75, 3.05) is 0 Å². The lowest BCUT2D eigenvalue weighted by molar-refractivity contribution is -0.132. The first kappa shape index (κ1) is 12.7. The Balaban J connectivity index is 2.26. The van der Waals surface area contributed by atoms with Crippen molar-refractivity contribution >= 4 is 11.8 Å². The zero-order valence-electron chi connectivity index (χ0n) is 10.0. The van der Waals surface area contributed by atoms with Crippen molar-refractivity contribution in [2.45, 2.75) is 51.6 Å². The van der Waals surface area contributed by atoms with Crippen molar-refractivity contribution in [3.05, 3.63) is 12.8 Å². The second-order valence-electron chi connectivity index (χ2n) is 4.42. The third-order valence-corrected chi connectivity index (χ3v) is 2.55. The van der Waals surface area contributed by atoms with Gasteiger partial charge in [-0.05, 0) is 32.9 Å². The van der Waals surface area contributed by atoms with Crippen LogP contribution in [0.5, 0.6) is 0 Å². The number of carbonyl (C=O) groups is 2. The zero-order chi connectivity index (χ0) is 12.1. The predicted octanol–water partition coefficient (Wildman–Crippen LogP) is 1.43. The standard InChI is InChI=1S/C12H20N2O2/c1-4-14(9(2)3)12(16)8-7-11(15)13-10-5-6-10/h4,9-10H,1,5-8H2,2-3H3,(H,13,15). The molecule has 1 saturated carbocycles. The van der Waals surface area contributed by atoms with Crippen LogP contribution in [-0.2, 0) is 9.59 Å². The number of hydrogen-bond donors (Lipinski definition) is 1. The summed E-state index contributed by atoms with van der Waals surface area (Å²) in [6, 6.07) is 0.458. The van der Waals surface area contributed by atoms with Gasteiger partial charge in [-0.25, -0.2) is 0 Å². The van der Waals surface area contributed by atoms with Gasteiger partial charge in [0.15, 0.2) is 0 Å². The summed E-state index contributed by atoms with van der Waals surface area (Å²) in [5.41, 5.74) is 0.